The monoisotopic (exact) mass is 692 g/mol. The van der Waals surface area contributed by atoms with Gasteiger partial charge >= 0.3 is 6.11 Å². The molecule has 0 spiro atoms. The van der Waals surface area contributed by atoms with E-state index in [1.54, 1.807) is 0 Å². The van der Waals surface area contributed by atoms with E-state index in [1.165, 1.54) is 30.8 Å². The average Bonchev–Trinajstić information content (AvgIpc) is 3.01. The molecule has 4 aromatic carbocycles. The van der Waals surface area contributed by atoms with E-state index in [1.807, 2.05) is 6.92 Å². The summed E-state index contributed by atoms with van der Waals surface area (Å²) in [6.07, 6.45) is 0.292. The fourth-order valence-electron chi connectivity index (χ4n) is 4.80. The van der Waals surface area contributed by atoms with Crippen LogP contribution in [0.4, 0.5) is 43.9 Å². The molecule has 13 heteroatoms. The fourth-order valence-corrected chi connectivity index (χ4v) is 4.80. The van der Waals surface area contributed by atoms with Crippen molar-refractivity contribution in [1.29, 1.82) is 5.41 Å². The molecule has 4 rings (SSSR count). The standard InChI is InChI=1S/C36H26F10N2O/c1-2-3-4-5-21(17-47)19-48-18-20-6-8-25(28(37)10-20)23-13-32(41)35(33(42)14-23)36(45,46)49-24-7-9-26(31(40)15-24)22-11-29(38)27(16-34(43)44)30(39)12-22/h6-19,47H,2-5H2,1H3/b21-19-,47-17?,48-18+. The second-order valence-electron chi connectivity index (χ2n) is 10.7. The van der Waals surface area contributed by atoms with Gasteiger partial charge in [0, 0.05) is 41.9 Å². The summed E-state index contributed by atoms with van der Waals surface area (Å²) in [5.41, 5.74) is -3.71. The van der Waals surface area contributed by atoms with Crippen molar-refractivity contribution in [1.82, 2.24) is 0 Å². The summed E-state index contributed by atoms with van der Waals surface area (Å²) in [5.74, 6) is -9.72. The van der Waals surface area contributed by atoms with Crippen molar-refractivity contribution < 1.29 is 48.6 Å². The zero-order valence-electron chi connectivity index (χ0n) is 25.5. The van der Waals surface area contributed by atoms with Crippen molar-refractivity contribution in [2.45, 2.75) is 38.7 Å². The van der Waals surface area contributed by atoms with Crippen LogP contribution in [0, 0.1) is 40.3 Å². The maximum atomic E-state index is 15.0. The van der Waals surface area contributed by atoms with Crippen molar-refractivity contribution in [2.75, 3.05) is 0 Å². The number of nitrogens with one attached hydrogen (secondary N) is 1. The Balaban J connectivity index is 1.54. The van der Waals surface area contributed by atoms with Gasteiger partial charge in [0.15, 0.2) is 0 Å². The van der Waals surface area contributed by atoms with E-state index < -0.39 is 80.7 Å². The summed E-state index contributed by atoms with van der Waals surface area (Å²) in [5, 5.41) is 7.46. The Bertz CT molecular complexity index is 1900. The smallest absolute Gasteiger partial charge is 0.429 e. The van der Waals surface area contributed by atoms with Gasteiger partial charge in [-0.25, -0.2) is 26.3 Å². The first-order chi connectivity index (χ1) is 23.2. The highest BCUT2D eigenvalue weighted by Gasteiger charge is 2.41. The predicted molar refractivity (Wildman–Crippen MR) is 167 cm³/mol. The first-order valence-corrected chi connectivity index (χ1v) is 14.6. The number of allylic oxidation sites excluding steroid dienone is 1. The number of rotatable bonds is 13. The molecule has 49 heavy (non-hydrogen) atoms. The molecule has 0 aliphatic rings. The quantitative estimate of drug-likeness (QED) is 0.0846. The number of alkyl halides is 2. The zero-order chi connectivity index (χ0) is 35.9. The first kappa shape index (κ1) is 36.6. The van der Waals surface area contributed by atoms with Crippen LogP contribution in [0.1, 0.15) is 49.3 Å². The van der Waals surface area contributed by atoms with Crippen LogP contribution in [0.3, 0.4) is 0 Å². The Morgan fingerprint density at radius 1 is 0.755 bits per heavy atom. The largest absolute Gasteiger partial charge is 0.432 e. The molecule has 3 nitrogen and oxygen atoms in total. The molecular formula is C36H26F10N2O. The van der Waals surface area contributed by atoms with Crippen LogP contribution in [0.25, 0.3) is 28.3 Å². The van der Waals surface area contributed by atoms with Crippen LogP contribution < -0.4 is 4.74 Å². The molecule has 0 saturated carbocycles. The van der Waals surface area contributed by atoms with Crippen molar-refractivity contribution in [3.8, 4) is 28.0 Å². The van der Waals surface area contributed by atoms with Crippen molar-refractivity contribution >= 4 is 18.5 Å². The molecule has 4 aromatic rings. The molecule has 0 heterocycles. The van der Waals surface area contributed by atoms with E-state index in [-0.39, 0.29) is 17.2 Å². The SMILES string of the molecule is CCCCC/C(C=N)=C/N=C/c1ccc(-c2cc(F)c(C(F)(F)Oc3ccc(-c4cc(F)c(C=C(F)F)c(F)c4)c(F)c3)c(F)c2)c(F)c1. The maximum Gasteiger partial charge on any atom is 0.432 e. The third-order valence-corrected chi connectivity index (χ3v) is 7.19. The van der Waals surface area contributed by atoms with Crippen molar-refractivity contribution in [3.05, 3.63) is 130 Å². The molecule has 256 valence electrons. The Morgan fingerprint density at radius 2 is 1.33 bits per heavy atom. The van der Waals surface area contributed by atoms with Gasteiger partial charge in [-0.15, -0.1) is 0 Å². The Hall–Kier alpha value is -5.20. The molecule has 0 aliphatic carbocycles. The number of hydrogen-bond donors (Lipinski definition) is 1. The third kappa shape index (κ3) is 9.04. The van der Waals surface area contributed by atoms with Gasteiger partial charge in [-0.1, -0.05) is 31.9 Å². The molecule has 0 fully saturated rings. The van der Waals surface area contributed by atoms with E-state index in [4.69, 9.17) is 5.41 Å². The van der Waals surface area contributed by atoms with E-state index in [9.17, 15) is 35.1 Å². The molecule has 0 bridgehead atoms. The maximum absolute atomic E-state index is 15.0. The molecule has 1 N–H and O–H groups in total. The summed E-state index contributed by atoms with van der Waals surface area (Å²) in [4.78, 5) is 4.08. The van der Waals surface area contributed by atoms with Gasteiger partial charge in [0.1, 0.15) is 46.2 Å². The highest BCUT2D eigenvalue weighted by atomic mass is 19.3. The highest BCUT2D eigenvalue weighted by molar-refractivity contribution is 5.83. The molecule has 0 radical (unpaired) electrons. The number of benzene rings is 4. The van der Waals surface area contributed by atoms with Crippen LogP contribution in [0.5, 0.6) is 5.75 Å². The van der Waals surface area contributed by atoms with E-state index in [0.29, 0.717) is 42.3 Å². The predicted octanol–water partition coefficient (Wildman–Crippen LogP) is 11.8. The van der Waals surface area contributed by atoms with E-state index in [2.05, 4.69) is 9.73 Å². The van der Waals surface area contributed by atoms with E-state index >= 15 is 8.78 Å². The summed E-state index contributed by atoms with van der Waals surface area (Å²) in [6.45, 7) is 2.04. The normalized spacial score (nSPS) is 12.0. The number of hydrogen-bond acceptors (Lipinski definition) is 3. The van der Waals surface area contributed by atoms with Crippen molar-refractivity contribution in [3.63, 3.8) is 0 Å². The summed E-state index contributed by atoms with van der Waals surface area (Å²) in [7, 11) is 0. The molecule has 0 amide bonds. The summed E-state index contributed by atoms with van der Waals surface area (Å²) >= 11 is 0. The second-order valence-corrected chi connectivity index (χ2v) is 10.7. The average molecular weight is 693 g/mol. The van der Waals surface area contributed by atoms with Gasteiger partial charge in [-0.3, -0.25) is 4.99 Å². The Morgan fingerprint density at radius 3 is 1.86 bits per heavy atom. The molecule has 0 unspecified atom stereocenters. The second kappa shape index (κ2) is 15.8. The number of unbranched alkanes of at least 4 members (excludes halogenated alkanes) is 2. The molecule has 0 aliphatic heterocycles. The van der Waals surface area contributed by atoms with Crippen molar-refractivity contribution in [2.24, 2.45) is 4.99 Å². The minimum atomic E-state index is -4.72. The van der Waals surface area contributed by atoms with Crippen LogP contribution in [-0.4, -0.2) is 12.4 Å². The Labute approximate surface area is 274 Å². The first-order valence-electron chi connectivity index (χ1n) is 14.6. The van der Waals surface area contributed by atoms with Crippen LogP contribution >= 0.6 is 0 Å². The summed E-state index contributed by atoms with van der Waals surface area (Å²) < 4.78 is 147. The van der Waals surface area contributed by atoms with Crippen LogP contribution in [0.15, 0.2) is 83.5 Å². The lowest BCUT2D eigenvalue weighted by Crippen LogP contribution is -2.25. The van der Waals surface area contributed by atoms with E-state index in [0.717, 1.165) is 37.5 Å². The highest BCUT2D eigenvalue weighted by Crippen LogP contribution is 2.39. The van der Waals surface area contributed by atoms with Crippen LogP contribution in [-0.2, 0) is 6.11 Å². The minimum Gasteiger partial charge on any atom is -0.429 e. The van der Waals surface area contributed by atoms with Gasteiger partial charge in [0.25, 0.3) is 6.08 Å². The molecule has 0 saturated heterocycles. The number of aliphatic imine (C=N–C) groups is 1. The van der Waals surface area contributed by atoms with Crippen LogP contribution in [0.2, 0.25) is 0 Å². The van der Waals surface area contributed by atoms with Gasteiger partial charge in [0.05, 0.1) is 5.56 Å². The van der Waals surface area contributed by atoms with Gasteiger partial charge in [-0.2, -0.15) is 17.6 Å². The summed E-state index contributed by atoms with van der Waals surface area (Å²) in [6, 6.07) is 7.49. The number of nitrogens with zero attached hydrogens (tertiary/aromatic N) is 1. The van der Waals surface area contributed by atoms with Gasteiger partial charge < -0.3 is 10.1 Å². The van der Waals surface area contributed by atoms with Gasteiger partial charge in [-0.05, 0) is 77.6 Å². The molecular weight excluding hydrogens is 666 g/mol. The zero-order valence-corrected chi connectivity index (χ0v) is 25.5. The lowest BCUT2D eigenvalue weighted by molar-refractivity contribution is -0.189. The Kier molecular flexibility index (Phi) is 11.8. The fraction of sp³-hybridized carbons (Fsp3) is 0.167. The molecule has 0 atom stereocenters. The molecule has 0 aromatic heterocycles. The number of ether oxygens (including phenoxy) is 1. The minimum absolute atomic E-state index is 0.0669. The lowest BCUT2D eigenvalue weighted by atomic mass is 10.0. The lowest BCUT2D eigenvalue weighted by Gasteiger charge is -2.20. The topological polar surface area (TPSA) is 45.4 Å². The number of halogens is 10. The van der Waals surface area contributed by atoms with Gasteiger partial charge in [0.2, 0.25) is 0 Å². The third-order valence-electron chi connectivity index (χ3n) is 7.19.